The molecule has 0 aliphatic heterocycles. The van der Waals surface area contributed by atoms with Crippen LogP contribution in [-0.2, 0) is 10.0 Å². The molecule has 0 atom stereocenters. The largest absolute Gasteiger partial charge is 0.279 e. The Labute approximate surface area is 118 Å². The maximum atomic E-state index is 13.1. The Hall–Kier alpha value is -1.88. The van der Waals surface area contributed by atoms with Crippen molar-refractivity contribution in [2.75, 3.05) is 4.72 Å². The monoisotopic (exact) mass is 293 g/mol. The third kappa shape index (κ3) is 2.82. The SMILES string of the molecule is Cc1cc(F)ccc1S(=O)(=O)Nc1c(C)cccc1C. The summed E-state index contributed by atoms with van der Waals surface area (Å²) in [5.74, 6) is -0.450. The van der Waals surface area contributed by atoms with Crippen molar-refractivity contribution in [3.05, 3.63) is 58.9 Å². The number of sulfonamides is 1. The Bertz CT molecular complexity index is 734. The number of benzene rings is 2. The van der Waals surface area contributed by atoms with E-state index < -0.39 is 15.8 Å². The minimum Gasteiger partial charge on any atom is -0.279 e. The number of para-hydroxylation sites is 1. The van der Waals surface area contributed by atoms with Gasteiger partial charge in [0.15, 0.2) is 0 Å². The van der Waals surface area contributed by atoms with Gasteiger partial charge in [0.1, 0.15) is 5.82 Å². The van der Waals surface area contributed by atoms with Crippen LogP contribution in [0.15, 0.2) is 41.3 Å². The van der Waals surface area contributed by atoms with Gasteiger partial charge in [-0.05, 0) is 55.7 Å². The Balaban J connectivity index is 2.46. The maximum Gasteiger partial charge on any atom is 0.262 e. The molecule has 0 aliphatic rings. The highest BCUT2D eigenvalue weighted by atomic mass is 32.2. The normalized spacial score (nSPS) is 11.4. The summed E-state index contributed by atoms with van der Waals surface area (Å²) in [6.07, 6.45) is 0. The Morgan fingerprint density at radius 3 is 2.10 bits per heavy atom. The summed E-state index contributed by atoms with van der Waals surface area (Å²) >= 11 is 0. The van der Waals surface area contributed by atoms with Gasteiger partial charge in [-0.25, -0.2) is 12.8 Å². The zero-order chi connectivity index (χ0) is 14.9. The van der Waals surface area contributed by atoms with Crippen LogP contribution in [-0.4, -0.2) is 8.42 Å². The smallest absolute Gasteiger partial charge is 0.262 e. The minimum atomic E-state index is -3.72. The molecular formula is C15H16FNO2S. The maximum absolute atomic E-state index is 13.1. The predicted octanol–water partition coefficient (Wildman–Crippen LogP) is 3.55. The first-order valence-corrected chi connectivity index (χ1v) is 7.65. The third-order valence-corrected chi connectivity index (χ3v) is 4.65. The Morgan fingerprint density at radius 2 is 1.55 bits per heavy atom. The van der Waals surface area contributed by atoms with Crippen molar-refractivity contribution >= 4 is 15.7 Å². The Kier molecular flexibility index (Phi) is 3.81. The molecule has 0 fully saturated rings. The second-order valence-electron chi connectivity index (χ2n) is 4.78. The van der Waals surface area contributed by atoms with Gasteiger partial charge in [0, 0.05) is 0 Å². The molecule has 0 spiro atoms. The molecule has 106 valence electrons. The van der Waals surface area contributed by atoms with Crippen LogP contribution in [0.4, 0.5) is 10.1 Å². The van der Waals surface area contributed by atoms with E-state index in [0.29, 0.717) is 11.3 Å². The summed E-state index contributed by atoms with van der Waals surface area (Å²) in [5.41, 5.74) is 2.63. The highest BCUT2D eigenvalue weighted by molar-refractivity contribution is 7.92. The van der Waals surface area contributed by atoms with Crippen molar-refractivity contribution in [1.82, 2.24) is 0 Å². The van der Waals surface area contributed by atoms with Gasteiger partial charge in [-0.2, -0.15) is 0 Å². The molecule has 20 heavy (non-hydrogen) atoms. The second-order valence-corrected chi connectivity index (χ2v) is 6.43. The number of halogens is 1. The van der Waals surface area contributed by atoms with E-state index in [0.717, 1.165) is 17.2 Å². The lowest BCUT2D eigenvalue weighted by molar-refractivity contribution is 0.598. The quantitative estimate of drug-likeness (QED) is 0.940. The van der Waals surface area contributed by atoms with Crippen LogP contribution in [0.25, 0.3) is 0 Å². The summed E-state index contributed by atoms with van der Waals surface area (Å²) in [4.78, 5) is 0.0848. The molecule has 3 nitrogen and oxygen atoms in total. The lowest BCUT2D eigenvalue weighted by Gasteiger charge is -2.14. The molecule has 2 aromatic carbocycles. The van der Waals surface area contributed by atoms with E-state index in [-0.39, 0.29) is 4.90 Å². The molecule has 0 amide bonds. The Morgan fingerprint density at radius 1 is 0.950 bits per heavy atom. The van der Waals surface area contributed by atoms with Crippen LogP contribution < -0.4 is 4.72 Å². The minimum absolute atomic E-state index is 0.0848. The summed E-state index contributed by atoms with van der Waals surface area (Å²) in [5, 5.41) is 0. The summed E-state index contributed by atoms with van der Waals surface area (Å²) in [7, 11) is -3.72. The van der Waals surface area contributed by atoms with E-state index in [2.05, 4.69) is 4.72 Å². The van der Waals surface area contributed by atoms with Gasteiger partial charge in [-0.15, -0.1) is 0 Å². The van der Waals surface area contributed by atoms with Gasteiger partial charge in [-0.3, -0.25) is 4.72 Å². The van der Waals surface area contributed by atoms with Gasteiger partial charge in [0.2, 0.25) is 0 Å². The van der Waals surface area contributed by atoms with E-state index in [1.54, 1.807) is 6.92 Å². The molecule has 0 aliphatic carbocycles. The zero-order valence-electron chi connectivity index (χ0n) is 11.6. The first-order chi connectivity index (χ1) is 9.31. The average Bonchev–Trinajstić information content (AvgIpc) is 2.33. The standard InChI is InChI=1S/C15H16FNO2S/c1-10-5-4-6-11(2)15(10)17-20(18,19)14-8-7-13(16)9-12(14)3/h4-9,17H,1-3H3. The van der Waals surface area contributed by atoms with Crippen molar-refractivity contribution < 1.29 is 12.8 Å². The first kappa shape index (κ1) is 14.5. The molecule has 5 heteroatoms. The summed E-state index contributed by atoms with van der Waals surface area (Å²) in [6.45, 7) is 5.24. The van der Waals surface area contributed by atoms with Crippen molar-refractivity contribution in [3.63, 3.8) is 0 Å². The second kappa shape index (κ2) is 5.25. The summed E-state index contributed by atoms with van der Waals surface area (Å²) < 4.78 is 40.5. The highest BCUT2D eigenvalue weighted by Crippen LogP contribution is 2.25. The lowest BCUT2D eigenvalue weighted by atomic mass is 10.1. The van der Waals surface area contributed by atoms with Gasteiger partial charge in [-0.1, -0.05) is 18.2 Å². The van der Waals surface area contributed by atoms with E-state index in [1.165, 1.54) is 12.1 Å². The fourth-order valence-corrected chi connectivity index (χ4v) is 3.51. The molecule has 2 aromatic rings. The highest BCUT2D eigenvalue weighted by Gasteiger charge is 2.18. The first-order valence-electron chi connectivity index (χ1n) is 6.16. The number of rotatable bonds is 3. The van der Waals surface area contributed by atoms with Crippen LogP contribution in [0.3, 0.4) is 0 Å². The molecule has 0 saturated heterocycles. The van der Waals surface area contributed by atoms with Crippen molar-refractivity contribution in [3.8, 4) is 0 Å². The van der Waals surface area contributed by atoms with Crippen LogP contribution in [0.1, 0.15) is 16.7 Å². The van der Waals surface area contributed by atoms with Gasteiger partial charge < -0.3 is 0 Å². The fraction of sp³-hybridized carbons (Fsp3) is 0.200. The molecule has 0 unspecified atom stereocenters. The number of anilines is 1. The van der Waals surface area contributed by atoms with E-state index >= 15 is 0 Å². The molecule has 0 radical (unpaired) electrons. The van der Waals surface area contributed by atoms with E-state index in [1.807, 2.05) is 32.0 Å². The van der Waals surface area contributed by atoms with Crippen LogP contribution in [0.2, 0.25) is 0 Å². The number of aryl methyl sites for hydroxylation is 3. The van der Waals surface area contributed by atoms with E-state index in [9.17, 15) is 12.8 Å². The molecule has 0 bridgehead atoms. The molecule has 0 aromatic heterocycles. The van der Waals surface area contributed by atoms with Crippen molar-refractivity contribution in [1.29, 1.82) is 0 Å². The molecule has 0 saturated carbocycles. The van der Waals surface area contributed by atoms with Gasteiger partial charge in [0.25, 0.3) is 10.0 Å². The molecule has 0 heterocycles. The van der Waals surface area contributed by atoms with Crippen molar-refractivity contribution in [2.45, 2.75) is 25.7 Å². The molecular weight excluding hydrogens is 277 g/mol. The lowest BCUT2D eigenvalue weighted by Crippen LogP contribution is -2.16. The zero-order valence-corrected chi connectivity index (χ0v) is 12.4. The molecule has 1 N–H and O–H groups in total. The van der Waals surface area contributed by atoms with Gasteiger partial charge in [0.05, 0.1) is 10.6 Å². The number of nitrogens with one attached hydrogen (secondary N) is 1. The van der Waals surface area contributed by atoms with Crippen LogP contribution in [0, 0.1) is 26.6 Å². The molecule has 2 rings (SSSR count). The van der Waals surface area contributed by atoms with Crippen LogP contribution >= 0.6 is 0 Å². The average molecular weight is 293 g/mol. The number of hydrogen-bond acceptors (Lipinski definition) is 2. The fourth-order valence-electron chi connectivity index (χ4n) is 2.08. The van der Waals surface area contributed by atoms with Gasteiger partial charge >= 0.3 is 0 Å². The third-order valence-electron chi connectivity index (χ3n) is 3.14. The van der Waals surface area contributed by atoms with Crippen molar-refractivity contribution in [2.24, 2.45) is 0 Å². The summed E-state index contributed by atoms with van der Waals surface area (Å²) in [6, 6.07) is 9.17. The topological polar surface area (TPSA) is 46.2 Å². The van der Waals surface area contributed by atoms with Crippen LogP contribution in [0.5, 0.6) is 0 Å². The number of hydrogen-bond donors (Lipinski definition) is 1. The predicted molar refractivity (Wildman–Crippen MR) is 77.9 cm³/mol. The van der Waals surface area contributed by atoms with E-state index in [4.69, 9.17) is 0 Å².